The van der Waals surface area contributed by atoms with Crippen molar-refractivity contribution in [2.75, 3.05) is 9.44 Å². The third kappa shape index (κ3) is 7.49. The van der Waals surface area contributed by atoms with Crippen molar-refractivity contribution in [3.63, 3.8) is 0 Å². The second kappa shape index (κ2) is 11.9. The monoisotopic (exact) mass is 598 g/mol. The fraction of sp³-hybridized carbons (Fsp3) is 0. The molecule has 41 heavy (non-hydrogen) atoms. The summed E-state index contributed by atoms with van der Waals surface area (Å²) in [5, 5.41) is 21.9. The lowest BCUT2D eigenvalue weighted by molar-refractivity contribution is -0.385. The van der Waals surface area contributed by atoms with Crippen molar-refractivity contribution in [1.29, 1.82) is 0 Å². The second-order valence-electron chi connectivity index (χ2n) is 8.18. The first kappa shape index (κ1) is 28.8. The van der Waals surface area contributed by atoms with Crippen molar-refractivity contribution in [3.05, 3.63) is 117 Å². The van der Waals surface area contributed by atoms with E-state index in [-0.39, 0.29) is 51.7 Å². The maximum Gasteiger partial charge on any atom is 0.576 e. The largest absolute Gasteiger partial charge is 0.576 e. The number of hydrogen-bond acceptors (Lipinski definition) is 10. The van der Waals surface area contributed by atoms with Gasteiger partial charge in [-0.05, 0) is 36.4 Å². The van der Waals surface area contributed by atoms with Gasteiger partial charge in [0, 0.05) is 36.4 Å². The molecular formula is C24H19BN4O10S2. The number of non-ortho nitro benzene ring substituents is 2. The molecule has 0 atom stereocenters. The molecule has 0 fully saturated rings. The molecule has 4 aromatic rings. The van der Waals surface area contributed by atoms with Crippen LogP contribution in [0.5, 0.6) is 11.5 Å². The summed E-state index contributed by atoms with van der Waals surface area (Å²) in [6.07, 6.45) is 0. The third-order valence-corrected chi connectivity index (χ3v) is 8.06. The van der Waals surface area contributed by atoms with Gasteiger partial charge in [0.25, 0.3) is 31.4 Å². The fourth-order valence-corrected chi connectivity index (χ4v) is 5.60. The molecule has 17 heteroatoms. The molecule has 4 rings (SSSR count). The Balaban J connectivity index is 1.38. The molecule has 0 aliphatic heterocycles. The zero-order valence-corrected chi connectivity index (χ0v) is 22.4. The first-order chi connectivity index (χ1) is 19.4. The molecule has 2 N–H and O–H groups in total. The van der Waals surface area contributed by atoms with Gasteiger partial charge in [-0.3, -0.25) is 29.7 Å². The smallest absolute Gasteiger partial charge is 0.528 e. The molecular weight excluding hydrogens is 579 g/mol. The van der Waals surface area contributed by atoms with Gasteiger partial charge in [-0.15, -0.1) is 0 Å². The molecule has 0 spiro atoms. The number of nitro benzene ring substituents is 2. The van der Waals surface area contributed by atoms with Gasteiger partial charge >= 0.3 is 7.69 Å². The van der Waals surface area contributed by atoms with Crippen LogP contribution in [0, 0.1) is 20.2 Å². The normalized spacial score (nSPS) is 11.2. The Bertz CT molecular complexity index is 1700. The highest BCUT2D eigenvalue weighted by Crippen LogP contribution is 2.25. The fourth-order valence-electron chi connectivity index (χ4n) is 3.42. The molecule has 210 valence electrons. The van der Waals surface area contributed by atoms with Crippen LogP contribution in [0.3, 0.4) is 0 Å². The van der Waals surface area contributed by atoms with E-state index in [0.29, 0.717) is 0 Å². The van der Waals surface area contributed by atoms with Crippen molar-refractivity contribution in [2.45, 2.75) is 9.79 Å². The molecule has 0 saturated heterocycles. The van der Waals surface area contributed by atoms with Gasteiger partial charge in [0.15, 0.2) is 0 Å². The minimum Gasteiger partial charge on any atom is -0.528 e. The first-order valence-corrected chi connectivity index (χ1v) is 14.4. The van der Waals surface area contributed by atoms with E-state index >= 15 is 0 Å². The lowest BCUT2D eigenvalue weighted by atomic mass is 10.2. The summed E-state index contributed by atoms with van der Waals surface area (Å²) < 4.78 is 66.4. The van der Waals surface area contributed by atoms with Gasteiger partial charge in [0.1, 0.15) is 11.5 Å². The first-order valence-electron chi connectivity index (χ1n) is 11.4. The van der Waals surface area contributed by atoms with E-state index in [1.807, 2.05) is 0 Å². The van der Waals surface area contributed by atoms with Crippen molar-refractivity contribution in [2.24, 2.45) is 0 Å². The van der Waals surface area contributed by atoms with E-state index in [1.165, 1.54) is 84.9 Å². The molecule has 0 aliphatic rings. The highest BCUT2D eigenvalue weighted by Gasteiger charge is 2.19. The molecule has 0 bridgehead atoms. The van der Waals surface area contributed by atoms with Crippen LogP contribution in [0.15, 0.2) is 107 Å². The molecule has 0 radical (unpaired) electrons. The molecule has 4 aromatic carbocycles. The summed E-state index contributed by atoms with van der Waals surface area (Å²) in [5.41, 5.74) is -0.482. The predicted octanol–water partition coefficient (Wildman–Crippen LogP) is 3.83. The number of benzene rings is 4. The Morgan fingerprint density at radius 3 is 1.37 bits per heavy atom. The molecule has 0 amide bonds. The van der Waals surface area contributed by atoms with E-state index < -0.39 is 29.9 Å². The van der Waals surface area contributed by atoms with Crippen molar-refractivity contribution in [3.8, 4) is 11.5 Å². The summed E-state index contributed by atoms with van der Waals surface area (Å²) in [6, 6.07) is 21.0. The number of nitro groups is 2. The standard InChI is InChI=1S/C24H19BN4O10S2/c30-28(31)19-7-3-11-23(15-19)40(34,35)26-17-5-1-9-21(13-17)38-25-39-22-10-2-6-18(14-22)27-41(36,37)24-12-4-8-20(16-24)29(32)33/h1-16,25-27H. The van der Waals surface area contributed by atoms with Crippen LogP contribution in [0.1, 0.15) is 0 Å². The van der Waals surface area contributed by atoms with Crippen LogP contribution in [0.25, 0.3) is 0 Å². The second-order valence-corrected chi connectivity index (χ2v) is 11.5. The van der Waals surface area contributed by atoms with Gasteiger partial charge in [-0.1, -0.05) is 24.3 Å². The molecule has 14 nitrogen and oxygen atoms in total. The number of hydrogen-bond donors (Lipinski definition) is 2. The maximum absolute atomic E-state index is 12.7. The summed E-state index contributed by atoms with van der Waals surface area (Å²) in [6.45, 7) is 0. The summed E-state index contributed by atoms with van der Waals surface area (Å²) >= 11 is 0. The summed E-state index contributed by atoms with van der Waals surface area (Å²) in [4.78, 5) is 20.0. The minimum absolute atomic E-state index is 0.131. The Kier molecular flexibility index (Phi) is 8.39. The average Bonchev–Trinajstić information content (AvgIpc) is 2.93. The number of nitrogens with zero attached hydrogens (tertiary/aromatic N) is 2. The van der Waals surface area contributed by atoms with Crippen molar-refractivity contribution < 1.29 is 36.0 Å². The zero-order valence-electron chi connectivity index (χ0n) is 20.7. The van der Waals surface area contributed by atoms with E-state index in [2.05, 4.69) is 9.44 Å². The molecule has 0 heterocycles. The molecule has 0 saturated carbocycles. The van der Waals surface area contributed by atoms with Crippen molar-refractivity contribution in [1.82, 2.24) is 0 Å². The van der Waals surface area contributed by atoms with Crippen LogP contribution < -0.4 is 18.8 Å². The number of anilines is 2. The van der Waals surface area contributed by atoms with E-state index in [9.17, 15) is 37.1 Å². The lowest BCUT2D eigenvalue weighted by Gasteiger charge is -2.12. The minimum atomic E-state index is -4.13. The Morgan fingerprint density at radius 2 is 0.976 bits per heavy atom. The van der Waals surface area contributed by atoms with E-state index in [1.54, 1.807) is 0 Å². The van der Waals surface area contributed by atoms with Crippen LogP contribution in [-0.2, 0) is 20.0 Å². The Hall–Kier alpha value is -5.16. The Morgan fingerprint density at radius 1 is 0.585 bits per heavy atom. The number of sulfonamides is 2. The lowest BCUT2D eigenvalue weighted by Crippen LogP contribution is -2.14. The highest BCUT2D eigenvalue weighted by molar-refractivity contribution is 7.93. The van der Waals surface area contributed by atoms with Gasteiger partial charge in [-0.2, -0.15) is 0 Å². The summed E-state index contributed by atoms with van der Waals surface area (Å²) in [7, 11) is -8.58. The van der Waals surface area contributed by atoms with E-state index in [4.69, 9.17) is 9.31 Å². The van der Waals surface area contributed by atoms with Crippen LogP contribution in [0.4, 0.5) is 22.7 Å². The highest BCUT2D eigenvalue weighted by atomic mass is 32.2. The number of rotatable bonds is 12. The Labute approximate surface area is 234 Å². The van der Waals surface area contributed by atoms with Gasteiger partial charge in [-0.25, -0.2) is 16.8 Å². The van der Waals surface area contributed by atoms with E-state index in [0.717, 1.165) is 12.1 Å². The zero-order chi connectivity index (χ0) is 29.6. The summed E-state index contributed by atoms with van der Waals surface area (Å²) in [5.74, 6) is 0.457. The van der Waals surface area contributed by atoms with Crippen LogP contribution in [-0.4, -0.2) is 34.4 Å². The average molecular weight is 598 g/mol. The molecule has 0 unspecified atom stereocenters. The SMILES string of the molecule is O=[N+]([O-])c1cccc(S(=O)(=O)Nc2cccc(OBOc3cccc(NS(=O)(=O)c4cccc([N+](=O)[O-])c4)c3)c2)c1. The van der Waals surface area contributed by atoms with Crippen molar-refractivity contribution >= 4 is 50.5 Å². The maximum atomic E-state index is 12.7. The van der Waals surface area contributed by atoms with Crippen LogP contribution in [0.2, 0.25) is 0 Å². The van der Waals surface area contributed by atoms with Gasteiger partial charge in [0.2, 0.25) is 0 Å². The predicted molar refractivity (Wildman–Crippen MR) is 149 cm³/mol. The molecule has 0 aliphatic carbocycles. The van der Waals surface area contributed by atoms with Crippen LogP contribution >= 0.6 is 0 Å². The van der Waals surface area contributed by atoms with Gasteiger partial charge in [0.05, 0.1) is 31.0 Å². The quantitative estimate of drug-likeness (QED) is 0.137. The number of nitrogens with one attached hydrogen (secondary N) is 2. The van der Waals surface area contributed by atoms with Gasteiger partial charge < -0.3 is 9.31 Å². The topological polar surface area (TPSA) is 197 Å². The molecule has 0 aromatic heterocycles. The third-order valence-electron chi connectivity index (χ3n) is 5.30.